The van der Waals surface area contributed by atoms with Crippen molar-refractivity contribution in [3.8, 4) is 11.5 Å². The molecule has 3 aromatic rings. The van der Waals surface area contributed by atoms with Gasteiger partial charge in [-0.3, -0.25) is 24.3 Å². The Morgan fingerprint density at radius 1 is 1.17 bits per heavy atom. The summed E-state index contributed by atoms with van der Waals surface area (Å²) in [7, 11) is 0. The average molecular weight is 495 g/mol. The molecule has 2 amide bonds. The molecular formula is C26H23F2N3O5. The summed E-state index contributed by atoms with van der Waals surface area (Å²) < 4.78 is 37.5. The van der Waals surface area contributed by atoms with E-state index in [0.29, 0.717) is 24.8 Å². The normalized spacial score (nSPS) is 13.4. The molecule has 36 heavy (non-hydrogen) atoms. The molecule has 1 atom stereocenters. The summed E-state index contributed by atoms with van der Waals surface area (Å²) in [6, 6.07) is 11.8. The number of anilines is 1. The van der Waals surface area contributed by atoms with Crippen molar-refractivity contribution >= 4 is 23.3 Å². The molecule has 186 valence electrons. The van der Waals surface area contributed by atoms with E-state index in [1.807, 2.05) is 12.1 Å². The number of aromatic nitrogens is 1. The number of halogens is 2. The topological polar surface area (TPSA) is 97.8 Å². The monoisotopic (exact) mass is 495 g/mol. The molecule has 0 radical (unpaired) electrons. The Labute approximate surface area is 205 Å². The third kappa shape index (κ3) is 5.65. The standard InChI is InChI=1S/C26H23F2N3O5/c1-16(26(34)30-11-9-19-4-2-3-10-29-19)31-21-12-17(5-7-24(21)36-15-25(31)33)22(32)14-35-23-8-6-18(27)13-20(23)28/h2-8,10,12-13,16H,9,11,14-15H2,1H3,(H,30,34). The van der Waals surface area contributed by atoms with Gasteiger partial charge in [-0.15, -0.1) is 0 Å². The SMILES string of the molecule is CC(C(=O)NCCc1ccccn1)N1C(=O)COc2ccc(C(=O)COc3ccc(F)cc3F)cc21. The highest BCUT2D eigenvalue weighted by Crippen LogP contribution is 2.34. The Morgan fingerprint density at radius 2 is 2.00 bits per heavy atom. The molecule has 1 aliphatic rings. The maximum absolute atomic E-state index is 13.8. The molecule has 1 aliphatic heterocycles. The molecule has 10 heteroatoms. The van der Waals surface area contributed by atoms with Gasteiger partial charge in [-0.2, -0.15) is 0 Å². The molecular weight excluding hydrogens is 472 g/mol. The number of pyridine rings is 1. The molecule has 8 nitrogen and oxygen atoms in total. The zero-order valence-electron chi connectivity index (χ0n) is 19.4. The van der Waals surface area contributed by atoms with Gasteiger partial charge in [-0.25, -0.2) is 8.78 Å². The first-order valence-electron chi connectivity index (χ1n) is 11.2. The minimum Gasteiger partial charge on any atom is -0.482 e. The van der Waals surface area contributed by atoms with E-state index in [0.717, 1.165) is 17.8 Å². The lowest BCUT2D eigenvalue weighted by Crippen LogP contribution is -2.51. The Kier molecular flexibility index (Phi) is 7.53. The third-order valence-electron chi connectivity index (χ3n) is 5.59. The van der Waals surface area contributed by atoms with Crippen LogP contribution in [0.1, 0.15) is 23.0 Å². The summed E-state index contributed by atoms with van der Waals surface area (Å²) in [5.41, 5.74) is 1.25. The Balaban J connectivity index is 1.45. The number of carbonyl (C=O) groups excluding carboxylic acids is 3. The van der Waals surface area contributed by atoms with Crippen molar-refractivity contribution in [3.63, 3.8) is 0 Å². The van der Waals surface area contributed by atoms with E-state index >= 15 is 0 Å². The van der Waals surface area contributed by atoms with Gasteiger partial charge in [-0.1, -0.05) is 6.07 Å². The number of fused-ring (bicyclic) bond motifs is 1. The van der Waals surface area contributed by atoms with Crippen LogP contribution in [-0.4, -0.2) is 48.4 Å². The number of hydrogen-bond acceptors (Lipinski definition) is 6. The van der Waals surface area contributed by atoms with Crippen molar-refractivity contribution < 1.29 is 32.6 Å². The maximum atomic E-state index is 13.8. The molecule has 4 rings (SSSR count). The molecule has 1 N–H and O–H groups in total. The van der Waals surface area contributed by atoms with Gasteiger partial charge >= 0.3 is 0 Å². The van der Waals surface area contributed by atoms with E-state index in [2.05, 4.69) is 10.3 Å². The maximum Gasteiger partial charge on any atom is 0.265 e. The zero-order chi connectivity index (χ0) is 25.7. The second kappa shape index (κ2) is 10.9. The van der Waals surface area contributed by atoms with E-state index < -0.39 is 36.0 Å². The van der Waals surface area contributed by atoms with Crippen LogP contribution in [0.3, 0.4) is 0 Å². The van der Waals surface area contributed by atoms with Gasteiger partial charge in [0.1, 0.15) is 17.6 Å². The van der Waals surface area contributed by atoms with Gasteiger partial charge in [0.2, 0.25) is 5.91 Å². The average Bonchev–Trinajstić information content (AvgIpc) is 2.87. The van der Waals surface area contributed by atoms with Crippen LogP contribution in [0.5, 0.6) is 11.5 Å². The largest absolute Gasteiger partial charge is 0.482 e. The zero-order valence-corrected chi connectivity index (χ0v) is 19.4. The molecule has 0 aliphatic carbocycles. The third-order valence-corrected chi connectivity index (χ3v) is 5.59. The van der Waals surface area contributed by atoms with Crippen molar-refractivity contribution in [2.45, 2.75) is 19.4 Å². The number of benzene rings is 2. The van der Waals surface area contributed by atoms with Crippen LogP contribution in [0.25, 0.3) is 0 Å². The van der Waals surface area contributed by atoms with E-state index in [-0.39, 0.29) is 29.5 Å². The summed E-state index contributed by atoms with van der Waals surface area (Å²) in [6.07, 6.45) is 2.20. The number of rotatable bonds is 9. The number of nitrogens with one attached hydrogen (secondary N) is 1. The summed E-state index contributed by atoms with van der Waals surface area (Å²) >= 11 is 0. The highest BCUT2D eigenvalue weighted by Gasteiger charge is 2.33. The van der Waals surface area contributed by atoms with Gasteiger partial charge in [0, 0.05) is 36.5 Å². The number of ketones is 1. The number of nitrogens with zero attached hydrogens (tertiary/aromatic N) is 2. The molecule has 2 aromatic carbocycles. The minimum absolute atomic E-state index is 0.169. The second-order valence-electron chi connectivity index (χ2n) is 8.06. The first kappa shape index (κ1) is 24.8. The Hall–Kier alpha value is -4.34. The van der Waals surface area contributed by atoms with Crippen molar-refractivity contribution in [1.82, 2.24) is 10.3 Å². The van der Waals surface area contributed by atoms with Gasteiger partial charge in [0.05, 0.1) is 5.69 Å². The summed E-state index contributed by atoms with van der Waals surface area (Å²) in [5, 5.41) is 2.80. The van der Waals surface area contributed by atoms with Crippen molar-refractivity contribution in [2.75, 3.05) is 24.7 Å². The summed E-state index contributed by atoms with van der Waals surface area (Å²) in [5.74, 6) is -2.94. The van der Waals surface area contributed by atoms with E-state index in [9.17, 15) is 23.2 Å². The van der Waals surface area contributed by atoms with Gasteiger partial charge in [-0.05, 0) is 49.4 Å². The minimum atomic E-state index is -0.929. The molecule has 1 aromatic heterocycles. The van der Waals surface area contributed by atoms with Crippen LogP contribution in [0.15, 0.2) is 60.8 Å². The highest BCUT2D eigenvalue weighted by atomic mass is 19.1. The number of hydrogen-bond donors (Lipinski definition) is 1. The highest BCUT2D eigenvalue weighted by molar-refractivity contribution is 6.05. The summed E-state index contributed by atoms with van der Waals surface area (Å²) in [4.78, 5) is 43.7. The molecule has 2 heterocycles. The Bertz CT molecular complexity index is 1290. The lowest BCUT2D eigenvalue weighted by Gasteiger charge is -2.33. The van der Waals surface area contributed by atoms with Crippen LogP contribution < -0.4 is 19.7 Å². The van der Waals surface area contributed by atoms with Crippen LogP contribution in [0.4, 0.5) is 14.5 Å². The molecule has 0 spiro atoms. The molecule has 0 saturated heterocycles. The van der Waals surface area contributed by atoms with Crippen LogP contribution in [0.2, 0.25) is 0 Å². The van der Waals surface area contributed by atoms with Crippen molar-refractivity contribution in [1.29, 1.82) is 0 Å². The first-order valence-corrected chi connectivity index (χ1v) is 11.2. The first-order chi connectivity index (χ1) is 17.3. The van der Waals surface area contributed by atoms with E-state index in [1.54, 1.807) is 19.2 Å². The fraction of sp³-hybridized carbons (Fsp3) is 0.231. The smallest absolute Gasteiger partial charge is 0.265 e. The number of ether oxygens (including phenoxy) is 2. The van der Waals surface area contributed by atoms with E-state index in [4.69, 9.17) is 9.47 Å². The fourth-order valence-corrected chi connectivity index (χ4v) is 3.71. The van der Waals surface area contributed by atoms with Crippen LogP contribution in [-0.2, 0) is 16.0 Å². The quantitative estimate of drug-likeness (QED) is 0.458. The molecule has 0 bridgehead atoms. The molecule has 1 unspecified atom stereocenters. The molecule has 0 fully saturated rings. The van der Waals surface area contributed by atoms with Crippen LogP contribution >= 0.6 is 0 Å². The van der Waals surface area contributed by atoms with E-state index in [1.165, 1.54) is 23.1 Å². The fourth-order valence-electron chi connectivity index (χ4n) is 3.71. The molecule has 0 saturated carbocycles. The number of Topliss-reactive ketones (excluding diaryl/α,β-unsaturated/α-hetero) is 1. The van der Waals surface area contributed by atoms with Crippen molar-refractivity contribution in [2.24, 2.45) is 0 Å². The Morgan fingerprint density at radius 3 is 2.75 bits per heavy atom. The van der Waals surface area contributed by atoms with Gasteiger partial charge in [0.25, 0.3) is 5.91 Å². The second-order valence-corrected chi connectivity index (χ2v) is 8.06. The predicted molar refractivity (Wildman–Crippen MR) is 126 cm³/mol. The predicted octanol–water partition coefficient (Wildman–Crippen LogP) is 3.09. The van der Waals surface area contributed by atoms with Crippen LogP contribution in [0, 0.1) is 11.6 Å². The van der Waals surface area contributed by atoms with Gasteiger partial charge in [0.15, 0.2) is 30.6 Å². The lowest BCUT2D eigenvalue weighted by atomic mass is 10.1. The van der Waals surface area contributed by atoms with Gasteiger partial charge < -0.3 is 14.8 Å². The summed E-state index contributed by atoms with van der Waals surface area (Å²) in [6.45, 7) is 1.15. The number of amides is 2. The number of carbonyl (C=O) groups is 3. The lowest BCUT2D eigenvalue weighted by molar-refractivity contribution is -0.127. The van der Waals surface area contributed by atoms with Crippen molar-refractivity contribution in [3.05, 3.63) is 83.7 Å².